The summed E-state index contributed by atoms with van der Waals surface area (Å²) >= 11 is 0. The van der Waals surface area contributed by atoms with Crippen molar-refractivity contribution < 1.29 is 4.39 Å². The molecule has 0 saturated heterocycles. The highest BCUT2D eigenvalue weighted by atomic mass is 31.0. The summed E-state index contributed by atoms with van der Waals surface area (Å²) in [6.45, 7) is 0. The van der Waals surface area contributed by atoms with Crippen molar-refractivity contribution >= 4 is 25.4 Å². The van der Waals surface area contributed by atoms with Gasteiger partial charge >= 0.3 is 0 Å². The van der Waals surface area contributed by atoms with Crippen LogP contribution in [0.15, 0.2) is 24.4 Å². The average molecular weight is 181 g/mol. The van der Waals surface area contributed by atoms with Crippen LogP contribution in [-0.2, 0) is 7.05 Å². The molecule has 0 N–H and O–H groups in total. The van der Waals surface area contributed by atoms with E-state index in [1.54, 1.807) is 6.07 Å². The number of aromatic nitrogens is 1. The van der Waals surface area contributed by atoms with Crippen LogP contribution in [-0.4, -0.2) is 4.57 Å². The highest BCUT2D eigenvalue weighted by Crippen LogP contribution is 2.15. The molecule has 2 rings (SSSR count). The van der Waals surface area contributed by atoms with Crippen molar-refractivity contribution in [1.29, 1.82) is 0 Å². The van der Waals surface area contributed by atoms with Gasteiger partial charge in [-0.15, -0.1) is 9.24 Å². The maximum Gasteiger partial charge on any atom is 0.131 e. The Morgan fingerprint density at radius 2 is 2.17 bits per heavy atom. The Kier molecular flexibility index (Phi) is 1.66. The molecule has 1 aromatic carbocycles. The first-order chi connectivity index (χ1) is 5.68. The normalized spacial score (nSPS) is 10.9. The van der Waals surface area contributed by atoms with Gasteiger partial charge in [-0.3, -0.25) is 0 Å². The topological polar surface area (TPSA) is 4.93 Å². The van der Waals surface area contributed by atoms with E-state index in [1.165, 1.54) is 0 Å². The minimum Gasteiger partial charge on any atom is -0.351 e. The Bertz CT molecular complexity index is 433. The van der Waals surface area contributed by atoms with Crippen LogP contribution in [0.5, 0.6) is 0 Å². The van der Waals surface area contributed by atoms with Gasteiger partial charge in [0.2, 0.25) is 0 Å². The molecule has 0 amide bonds. The summed E-state index contributed by atoms with van der Waals surface area (Å²) in [4.78, 5) is 0. The molecule has 2 aromatic rings. The van der Waals surface area contributed by atoms with Crippen LogP contribution in [0.25, 0.3) is 10.9 Å². The lowest BCUT2D eigenvalue weighted by Gasteiger charge is -1.98. The third-order valence-corrected chi connectivity index (χ3v) is 2.45. The standard InChI is InChI=1S/C9H9FNP/c1-11-3-2-6-4-7(10)9(12)5-8(6)11/h2-5H,12H2,1H3. The lowest BCUT2D eigenvalue weighted by Crippen LogP contribution is -1.98. The van der Waals surface area contributed by atoms with Gasteiger partial charge in [0.25, 0.3) is 0 Å². The summed E-state index contributed by atoms with van der Waals surface area (Å²) in [5.41, 5.74) is 1.06. The van der Waals surface area contributed by atoms with E-state index < -0.39 is 0 Å². The van der Waals surface area contributed by atoms with Crippen molar-refractivity contribution in [2.45, 2.75) is 0 Å². The van der Waals surface area contributed by atoms with E-state index in [0.717, 1.165) is 10.9 Å². The molecule has 1 heterocycles. The Morgan fingerprint density at radius 3 is 2.92 bits per heavy atom. The van der Waals surface area contributed by atoms with Crippen molar-refractivity contribution in [3.8, 4) is 0 Å². The molecule has 0 bridgehead atoms. The second-order valence-electron chi connectivity index (χ2n) is 2.86. The van der Waals surface area contributed by atoms with Crippen LogP contribution in [0.3, 0.4) is 0 Å². The number of nitrogens with zero attached hydrogens (tertiary/aromatic N) is 1. The van der Waals surface area contributed by atoms with Gasteiger partial charge in [0, 0.05) is 29.5 Å². The van der Waals surface area contributed by atoms with Crippen molar-refractivity contribution in [3.05, 3.63) is 30.2 Å². The zero-order chi connectivity index (χ0) is 8.72. The fourth-order valence-electron chi connectivity index (χ4n) is 1.30. The molecule has 3 heteroatoms. The first kappa shape index (κ1) is 7.75. The van der Waals surface area contributed by atoms with E-state index in [4.69, 9.17) is 0 Å². The van der Waals surface area contributed by atoms with E-state index in [2.05, 4.69) is 9.24 Å². The van der Waals surface area contributed by atoms with Gasteiger partial charge in [0.05, 0.1) is 0 Å². The van der Waals surface area contributed by atoms with Gasteiger partial charge < -0.3 is 4.57 Å². The predicted octanol–water partition coefficient (Wildman–Crippen LogP) is 1.82. The Hall–Kier alpha value is -0.880. The predicted molar refractivity (Wildman–Crippen MR) is 52.2 cm³/mol. The average Bonchev–Trinajstić information content (AvgIpc) is 2.35. The monoisotopic (exact) mass is 181 g/mol. The maximum atomic E-state index is 13.0. The van der Waals surface area contributed by atoms with Crippen LogP contribution in [0.1, 0.15) is 0 Å². The largest absolute Gasteiger partial charge is 0.351 e. The van der Waals surface area contributed by atoms with Crippen molar-refractivity contribution in [1.82, 2.24) is 4.57 Å². The molecule has 1 unspecified atom stereocenters. The first-order valence-electron chi connectivity index (χ1n) is 3.68. The van der Waals surface area contributed by atoms with Gasteiger partial charge in [0.1, 0.15) is 5.82 Å². The van der Waals surface area contributed by atoms with E-state index >= 15 is 0 Å². The zero-order valence-electron chi connectivity index (χ0n) is 6.71. The second kappa shape index (κ2) is 2.56. The number of halogens is 1. The summed E-state index contributed by atoms with van der Waals surface area (Å²) in [5, 5.41) is 1.56. The summed E-state index contributed by atoms with van der Waals surface area (Å²) in [6, 6.07) is 5.29. The third-order valence-electron chi connectivity index (χ3n) is 2.00. The number of benzene rings is 1. The first-order valence-corrected chi connectivity index (χ1v) is 4.26. The molecule has 1 aromatic heterocycles. The summed E-state index contributed by atoms with van der Waals surface area (Å²) in [5.74, 6) is -0.168. The zero-order valence-corrected chi connectivity index (χ0v) is 7.87. The summed E-state index contributed by atoms with van der Waals surface area (Å²) in [7, 11) is 4.34. The molecule has 0 aliphatic carbocycles. The Morgan fingerprint density at radius 1 is 1.42 bits per heavy atom. The molecule has 1 atom stereocenters. The highest BCUT2D eigenvalue weighted by Gasteiger charge is 2.02. The van der Waals surface area contributed by atoms with E-state index in [-0.39, 0.29) is 5.82 Å². The van der Waals surface area contributed by atoms with Crippen LogP contribution in [0, 0.1) is 5.82 Å². The quantitative estimate of drug-likeness (QED) is 0.546. The van der Waals surface area contributed by atoms with Gasteiger partial charge in [-0.25, -0.2) is 4.39 Å². The highest BCUT2D eigenvalue weighted by molar-refractivity contribution is 7.27. The van der Waals surface area contributed by atoms with Crippen LogP contribution >= 0.6 is 9.24 Å². The number of fused-ring (bicyclic) bond motifs is 1. The van der Waals surface area contributed by atoms with Crippen LogP contribution in [0.2, 0.25) is 0 Å². The lowest BCUT2D eigenvalue weighted by atomic mass is 10.2. The molecule has 0 spiro atoms. The number of hydrogen-bond acceptors (Lipinski definition) is 0. The second-order valence-corrected chi connectivity index (χ2v) is 3.48. The molecule has 0 fully saturated rings. The lowest BCUT2D eigenvalue weighted by molar-refractivity contribution is 0.638. The van der Waals surface area contributed by atoms with Crippen LogP contribution < -0.4 is 5.30 Å². The number of hydrogen-bond donors (Lipinski definition) is 0. The van der Waals surface area contributed by atoms with Gasteiger partial charge in [-0.1, -0.05) is 0 Å². The van der Waals surface area contributed by atoms with Crippen LogP contribution in [0.4, 0.5) is 4.39 Å². The molecule has 12 heavy (non-hydrogen) atoms. The number of aryl methyl sites for hydroxylation is 1. The third kappa shape index (κ3) is 1.03. The van der Waals surface area contributed by atoms with Gasteiger partial charge in [0.15, 0.2) is 0 Å². The van der Waals surface area contributed by atoms with Crippen molar-refractivity contribution in [2.75, 3.05) is 0 Å². The fraction of sp³-hybridized carbons (Fsp3) is 0.111. The Labute approximate surface area is 72.4 Å². The van der Waals surface area contributed by atoms with Gasteiger partial charge in [-0.2, -0.15) is 0 Å². The fourth-order valence-corrected chi connectivity index (χ4v) is 1.55. The smallest absolute Gasteiger partial charge is 0.131 e. The molecule has 0 aliphatic heterocycles. The summed E-state index contributed by atoms with van der Waals surface area (Å²) < 4.78 is 15.0. The minimum absolute atomic E-state index is 0.168. The molecule has 0 saturated carbocycles. The SMILES string of the molecule is Cn1ccc2cc(F)c(P)cc21. The molecular formula is C9H9FNP. The minimum atomic E-state index is -0.168. The molecule has 0 radical (unpaired) electrons. The molecule has 62 valence electrons. The number of rotatable bonds is 0. The van der Waals surface area contributed by atoms with E-state index in [9.17, 15) is 4.39 Å². The molecule has 0 aliphatic rings. The van der Waals surface area contributed by atoms with E-state index in [0.29, 0.717) is 5.30 Å². The molecule has 1 nitrogen and oxygen atoms in total. The van der Waals surface area contributed by atoms with Crippen molar-refractivity contribution in [2.24, 2.45) is 7.05 Å². The molecular weight excluding hydrogens is 172 g/mol. The van der Waals surface area contributed by atoms with Gasteiger partial charge in [-0.05, 0) is 18.2 Å². The van der Waals surface area contributed by atoms with Crippen molar-refractivity contribution in [3.63, 3.8) is 0 Å². The van der Waals surface area contributed by atoms with E-state index in [1.807, 2.05) is 29.9 Å². The maximum absolute atomic E-state index is 13.0. The Balaban J connectivity index is 2.87. The summed E-state index contributed by atoms with van der Waals surface area (Å²) in [6.07, 6.45) is 1.92.